The zero-order valence-electron chi connectivity index (χ0n) is 17.6. The van der Waals surface area contributed by atoms with Crippen molar-refractivity contribution >= 4 is 21.7 Å². The quantitative estimate of drug-likeness (QED) is 0.537. The number of ether oxygens (including phenoxy) is 2. The Kier molecular flexibility index (Phi) is 6.01. The first kappa shape index (κ1) is 21.7. The van der Waals surface area contributed by atoms with Crippen LogP contribution in [0.4, 0.5) is 0 Å². The molecule has 1 aromatic rings. The van der Waals surface area contributed by atoms with E-state index in [0.29, 0.717) is 0 Å². The SMILES string of the molecule is Cc1ccc(S(=O)(=O)/N=C(/OC(C)C)[C@H]2CO[C@]3(C(C)C)C=CC(=O)C[C@H]23)cc1. The van der Waals surface area contributed by atoms with Crippen LogP contribution < -0.4 is 0 Å². The molecule has 0 radical (unpaired) electrons. The van der Waals surface area contributed by atoms with E-state index < -0.39 is 21.5 Å². The molecular formula is C22H29NO5S. The monoisotopic (exact) mass is 419 g/mol. The lowest BCUT2D eigenvalue weighted by molar-refractivity contribution is -0.118. The first-order valence-electron chi connectivity index (χ1n) is 9.99. The summed E-state index contributed by atoms with van der Waals surface area (Å²) in [5.41, 5.74) is 0.345. The maximum absolute atomic E-state index is 12.9. The highest BCUT2D eigenvalue weighted by Gasteiger charge is 2.54. The third-order valence-electron chi connectivity index (χ3n) is 5.63. The molecule has 0 bridgehead atoms. The molecule has 7 heteroatoms. The molecule has 1 aliphatic carbocycles. The molecule has 3 atom stereocenters. The molecule has 0 spiro atoms. The summed E-state index contributed by atoms with van der Waals surface area (Å²) < 4.78 is 42.0. The van der Waals surface area contributed by atoms with E-state index in [1.54, 1.807) is 18.2 Å². The van der Waals surface area contributed by atoms with E-state index in [-0.39, 0.29) is 47.5 Å². The predicted molar refractivity (Wildman–Crippen MR) is 111 cm³/mol. The molecule has 0 saturated carbocycles. The molecule has 1 aliphatic heterocycles. The lowest BCUT2D eigenvalue weighted by Crippen LogP contribution is -2.45. The molecule has 2 aliphatic rings. The van der Waals surface area contributed by atoms with E-state index in [4.69, 9.17) is 9.47 Å². The van der Waals surface area contributed by atoms with Crippen LogP contribution in [0.2, 0.25) is 0 Å². The summed E-state index contributed by atoms with van der Waals surface area (Å²) >= 11 is 0. The Bertz CT molecular complexity index is 930. The molecule has 6 nitrogen and oxygen atoms in total. The van der Waals surface area contributed by atoms with Gasteiger partial charge in [-0.2, -0.15) is 8.42 Å². The Hall–Kier alpha value is -1.99. The van der Waals surface area contributed by atoms with Crippen LogP contribution in [0.25, 0.3) is 0 Å². The van der Waals surface area contributed by atoms with Gasteiger partial charge in [0.2, 0.25) is 5.90 Å². The van der Waals surface area contributed by atoms with Crippen LogP contribution in [-0.4, -0.2) is 38.4 Å². The second-order valence-electron chi connectivity index (χ2n) is 8.42. The predicted octanol–water partition coefficient (Wildman–Crippen LogP) is 3.69. The van der Waals surface area contributed by atoms with Crippen LogP contribution in [0.3, 0.4) is 0 Å². The van der Waals surface area contributed by atoms with Crippen LogP contribution in [0, 0.1) is 24.7 Å². The molecule has 1 aromatic carbocycles. The number of benzene rings is 1. The molecule has 0 N–H and O–H groups in total. The first-order valence-corrected chi connectivity index (χ1v) is 11.4. The number of hydrogen-bond donors (Lipinski definition) is 0. The van der Waals surface area contributed by atoms with Crippen LogP contribution in [0.15, 0.2) is 45.7 Å². The molecule has 0 amide bonds. The average molecular weight is 420 g/mol. The minimum atomic E-state index is -3.95. The Morgan fingerprint density at radius 1 is 1.21 bits per heavy atom. The fourth-order valence-electron chi connectivity index (χ4n) is 4.08. The Morgan fingerprint density at radius 2 is 1.86 bits per heavy atom. The molecule has 0 unspecified atom stereocenters. The average Bonchev–Trinajstić information content (AvgIpc) is 3.01. The van der Waals surface area contributed by atoms with Crippen molar-refractivity contribution in [3.8, 4) is 0 Å². The van der Waals surface area contributed by atoms with Crippen molar-refractivity contribution < 1.29 is 22.7 Å². The Labute approximate surface area is 173 Å². The van der Waals surface area contributed by atoms with Crippen LogP contribution >= 0.6 is 0 Å². The number of allylic oxidation sites excluding steroid dienone is 1. The van der Waals surface area contributed by atoms with Crippen molar-refractivity contribution in [1.82, 2.24) is 0 Å². The largest absolute Gasteiger partial charge is 0.477 e. The molecule has 0 aromatic heterocycles. The number of carbonyl (C=O) groups is 1. The zero-order valence-corrected chi connectivity index (χ0v) is 18.4. The summed E-state index contributed by atoms with van der Waals surface area (Å²) in [6.45, 7) is 9.88. The highest BCUT2D eigenvalue weighted by Crippen LogP contribution is 2.47. The van der Waals surface area contributed by atoms with Gasteiger partial charge in [-0.3, -0.25) is 4.79 Å². The van der Waals surface area contributed by atoms with E-state index in [1.165, 1.54) is 12.1 Å². The fraction of sp³-hybridized carbons (Fsp3) is 0.545. The number of sulfonamides is 1. The molecule has 1 fully saturated rings. The van der Waals surface area contributed by atoms with Gasteiger partial charge in [-0.25, -0.2) is 0 Å². The minimum absolute atomic E-state index is 0.00654. The van der Waals surface area contributed by atoms with Crippen molar-refractivity contribution in [3.63, 3.8) is 0 Å². The highest BCUT2D eigenvalue weighted by atomic mass is 32.2. The van der Waals surface area contributed by atoms with Gasteiger partial charge in [0.25, 0.3) is 10.0 Å². The number of carbonyl (C=O) groups excluding carboxylic acids is 1. The number of ketones is 1. The van der Waals surface area contributed by atoms with E-state index in [0.717, 1.165) is 5.56 Å². The summed E-state index contributed by atoms with van der Waals surface area (Å²) in [4.78, 5) is 12.3. The lowest BCUT2D eigenvalue weighted by atomic mass is 9.69. The second-order valence-corrected chi connectivity index (χ2v) is 10.0. The van der Waals surface area contributed by atoms with Gasteiger partial charge in [0.05, 0.1) is 29.1 Å². The van der Waals surface area contributed by atoms with Gasteiger partial charge in [0, 0.05) is 12.3 Å². The van der Waals surface area contributed by atoms with Crippen LogP contribution in [0.1, 0.15) is 39.7 Å². The fourth-order valence-corrected chi connectivity index (χ4v) is 5.08. The van der Waals surface area contributed by atoms with Gasteiger partial charge >= 0.3 is 0 Å². The standard InChI is InChI=1S/C22H29NO5S/c1-14(2)22-11-10-17(24)12-20(22)19(13-27-22)21(28-15(3)4)23-29(25,26)18-8-6-16(5)7-9-18/h6-11,14-15,19-20H,12-13H2,1-5H3/b23-21+/t19-,20+,22-/m0/s1. The van der Waals surface area contributed by atoms with Crippen molar-refractivity contribution in [2.24, 2.45) is 22.2 Å². The third kappa shape index (κ3) is 4.31. The number of nitrogens with zero attached hydrogens (tertiary/aromatic N) is 1. The lowest BCUT2D eigenvalue weighted by Gasteiger charge is -2.38. The summed E-state index contributed by atoms with van der Waals surface area (Å²) in [6.07, 6.45) is 3.42. The van der Waals surface area contributed by atoms with Gasteiger partial charge in [0.1, 0.15) is 0 Å². The maximum atomic E-state index is 12.9. The van der Waals surface area contributed by atoms with Crippen molar-refractivity contribution in [2.45, 2.75) is 57.6 Å². The van der Waals surface area contributed by atoms with Gasteiger partial charge in [-0.05, 0) is 51.0 Å². The number of aryl methyl sites for hydroxylation is 1. The summed E-state index contributed by atoms with van der Waals surface area (Å²) in [6, 6.07) is 6.55. The minimum Gasteiger partial charge on any atom is -0.477 e. The van der Waals surface area contributed by atoms with Crippen molar-refractivity contribution in [2.75, 3.05) is 6.61 Å². The Morgan fingerprint density at radius 3 is 2.45 bits per heavy atom. The Balaban J connectivity index is 2.03. The first-order chi connectivity index (χ1) is 13.5. The molecule has 1 saturated heterocycles. The summed E-state index contributed by atoms with van der Waals surface area (Å²) in [5, 5.41) is 0. The number of hydrogen-bond acceptors (Lipinski definition) is 5. The van der Waals surface area contributed by atoms with Gasteiger partial charge in [0.15, 0.2) is 5.78 Å². The summed E-state index contributed by atoms with van der Waals surface area (Å²) in [5.74, 6) is -0.376. The van der Waals surface area contributed by atoms with Gasteiger partial charge < -0.3 is 9.47 Å². The number of fused-ring (bicyclic) bond motifs is 1. The molecule has 3 rings (SSSR count). The maximum Gasteiger partial charge on any atom is 0.285 e. The molecule has 1 heterocycles. The third-order valence-corrected chi connectivity index (χ3v) is 6.92. The van der Waals surface area contributed by atoms with Crippen LogP contribution in [0.5, 0.6) is 0 Å². The van der Waals surface area contributed by atoms with Gasteiger partial charge in [-0.1, -0.05) is 31.5 Å². The zero-order chi connectivity index (χ0) is 21.4. The van der Waals surface area contributed by atoms with Crippen molar-refractivity contribution in [3.05, 3.63) is 42.0 Å². The highest BCUT2D eigenvalue weighted by molar-refractivity contribution is 7.90. The summed E-state index contributed by atoms with van der Waals surface area (Å²) in [7, 11) is -3.95. The van der Waals surface area contributed by atoms with Crippen LogP contribution in [-0.2, 0) is 24.3 Å². The smallest absolute Gasteiger partial charge is 0.285 e. The van der Waals surface area contributed by atoms with E-state index >= 15 is 0 Å². The molecular weight excluding hydrogens is 390 g/mol. The van der Waals surface area contributed by atoms with E-state index in [9.17, 15) is 13.2 Å². The molecule has 158 valence electrons. The number of rotatable bonds is 5. The van der Waals surface area contributed by atoms with Gasteiger partial charge in [-0.15, -0.1) is 4.40 Å². The second kappa shape index (κ2) is 8.03. The van der Waals surface area contributed by atoms with E-state index in [2.05, 4.69) is 4.40 Å². The normalized spacial score (nSPS) is 27.6. The molecule has 29 heavy (non-hydrogen) atoms. The van der Waals surface area contributed by atoms with E-state index in [1.807, 2.05) is 40.7 Å². The van der Waals surface area contributed by atoms with Crippen molar-refractivity contribution in [1.29, 1.82) is 0 Å². The topological polar surface area (TPSA) is 82.0 Å².